The second-order valence-electron chi connectivity index (χ2n) is 6.65. The van der Waals surface area contributed by atoms with Crippen molar-refractivity contribution >= 4 is 23.5 Å². The summed E-state index contributed by atoms with van der Waals surface area (Å²) in [5.41, 5.74) is 0. The highest BCUT2D eigenvalue weighted by atomic mass is 31.2. The summed E-state index contributed by atoms with van der Waals surface area (Å²) in [6.07, 6.45) is -3.28. The zero-order valence-corrected chi connectivity index (χ0v) is 15.8. The van der Waals surface area contributed by atoms with Crippen LogP contribution in [0.15, 0.2) is 0 Å². The SMILES string of the molecule is [B]C1OCC(OP(=O)(O)OC2C([B])OCC2OC(C)C)C1OC(C)C. The molecule has 0 spiro atoms. The van der Waals surface area contributed by atoms with Gasteiger partial charge in [-0.2, -0.15) is 0 Å². The maximum absolute atomic E-state index is 12.4. The quantitative estimate of drug-likeness (QED) is 0.485. The van der Waals surface area contributed by atoms with E-state index in [0.29, 0.717) is 0 Å². The lowest BCUT2D eigenvalue weighted by Gasteiger charge is -2.28. The molecule has 11 heteroatoms. The van der Waals surface area contributed by atoms with Crippen molar-refractivity contribution in [3.8, 4) is 0 Å². The van der Waals surface area contributed by atoms with Crippen molar-refractivity contribution in [3.63, 3.8) is 0 Å². The van der Waals surface area contributed by atoms with Crippen molar-refractivity contribution in [1.82, 2.24) is 0 Å². The molecule has 7 unspecified atom stereocenters. The number of ether oxygens (including phenoxy) is 4. The standard InChI is InChI=1S/C14H25B2O8P/c1-7(2)21-9-5-19-14(16)12(9)24-25(17,18)23-10-6-20-13(15)11(10)22-8(3)4/h7-14H,5-6H2,1-4H3,(H,17,18). The predicted octanol–water partition coefficient (Wildman–Crippen LogP) is 0.494. The summed E-state index contributed by atoms with van der Waals surface area (Å²) in [6, 6.07) is -1.64. The minimum atomic E-state index is -4.47. The van der Waals surface area contributed by atoms with E-state index in [1.54, 1.807) is 0 Å². The summed E-state index contributed by atoms with van der Waals surface area (Å²) >= 11 is 0. The van der Waals surface area contributed by atoms with Gasteiger partial charge in [0.25, 0.3) is 0 Å². The van der Waals surface area contributed by atoms with Gasteiger partial charge in [0.05, 0.1) is 25.4 Å². The first-order valence-corrected chi connectivity index (χ1v) is 9.83. The Bertz CT molecular complexity index is 480. The van der Waals surface area contributed by atoms with E-state index in [0.717, 1.165) is 0 Å². The molecule has 25 heavy (non-hydrogen) atoms. The number of phosphoric acid groups is 1. The molecule has 2 fully saturated rings. The number of hydrogen-bond donors (Lipinski definition) is 1. The maximum atomic E-state index is 12.4. The second-order valence-corrected chi connectivity index (χ2v) is 8.01. The van der Waals surface area contributed by atoms with Crippen molar-refractivity contribution in [3.05, 3.63) is 0 Å². The highest BCUT2D eigenvalue weighted by Crippen LogP contribution is 2.49. The molecule has 7 atom stereocenters. The van der Waals surface area contributed by atoms with Gasteiger partial charge in [-0.3, -0.25) is 9.05 Å². The first-order chi connectivity index (χ1) is 11.6. The third-order valence-electron chi connectivity index (χ3n) is 3.69. The van der Waals surface area contributed by atoms with Crippen LogP contribution in [-0.4, -0.2) is 82.4 Å². The molecule has 0 aromatic carbocycles. The van der Waals surface area contributed by atoms with Crippen LogP contribution in [0.2, 0.25) is 0 Å². The van der Waals surface area contributed by atoms with E-state index < -0.39 is 44.2 Å². The first-order valence-electron chi connectivity index (χ1n) is 8.34. The summed E-state index contributed by atoms with van der Waals surface area (Å²) in [4.78, 5) is 10.1. The molecule has 8 nitrogen and oxygen atoms in total. The first kappa shape index (κ1) is 21.4. The van der Waals surface area contributed by atoms with Crippen molar-refractivity contribution < 1.29 is 37.5 Å². The number of rotatable bonds is 8. The Morgan fingerprint density at radius 2 is 1.44 bits per heavy atom. The molecule has 4 radical (unpaired) electrons. The van der Waals surface area contributed by atoms with Gasteiger partial charge in [-0.25, -0.2) is 4.57 Å². The van der Waals surface area contributed by atoms with Crippen LogP contribution in [0.4, 0.5) is 0 Å². The Morgan fingerprint density at radius 3 is 2.00 bits per heavy atom. The van der Waals surface area contributed by atoms with Crippen LogP contribution < -0.4 is 0 Å². The number of phosphoric ester groups is 1. The summed E-state index contributed by atoms with van der Waals surface area (Å²) in [5.74, 6) is 0. The van der Waals surface area contributed by atoms with Gasteiger partial charge in [-0.05, 0) is 27.7 Å². The zero-order chi connectivity index (χ0) is 18.8. The maximum Gasteiger partial charge on any atom is 0.473 e. The number of hydrogen-bond acceptors (Lipinski definition) is 7. The van der Waals surface area contributed by atoms with Gasteiger partial charge >= 0.3 is 7.82 Å². The lowest BCUT2D eigenvalue weighted by molar-refractivity contribution is -0.0644. The normalized spacial score (nSPS) is 38.5. The lowest BCUT2D eigenvalue weighted by atomic mass is 9.93. The Hall–Kier alpha value is 0.0799. The molecule has 0 amide bonds. The Balaban J connectivity index is 1.99. The van der Waals surface area contributed by atoms with Crippen LogP contribution in [0.5, 0.6) is 0 Å². The van der Waals surface area contributed by atoms with E-state index in [4.69, 9.17) is 43.7 Å². The zero-order valence-electron chi connectivity index (χ0n) is 14.9. The van der Waals surface area contributed by atoms with Crippen LogP contribution in [0.3, 0.4) is 0 Å². The van der Waals surface area contributed by atoms with Gasteiger partial charge in [-0.1, -0.05) is 0 Å². The third-order valence-corrected chi connectivity index (χ3v) is 4.73. The molecule has 140 valence electrons. The highest BCUT2D eigenvalue weighted by molar-refractivity contribution is 7.47. The van der Waals surface area contributed by atoms with Gasteiger partial charge in [0.1, 0.15) is 40.1 Å². The van der Waals surface area contributed by atoms with Gasteiger partial charge in [-0.15, -0.1) is 0 Å². The Labute approximate surface area is 151 Å². The third kappa shape index (κ3) is 6.04. The Morgan fingerprint density at radius 1 is 0.920 bits per heavy atom. The van der Waals surface area contributed by atoms with Gasteiger partial charge in [0.2, 0.25) is 0 Å². The molecule has 1 N–H and O–H groups in total. The van der Waals surface area contributed by atoms with Gasteiger partial charge in [0, 0.05) is 12.0 Å². The van der Waals surface area contributed by atoms with Gasteiger partial charge in [0.15, 0.2) is 0 Å². The summed E-state index contributed by atoms with van der Waals surface area (Å²) in [7, 11) is 7.12. The molecular weight excluding hydrogens is 349 g/mol. The molecule has 2 rings (SSSR count). The van der Waals surface area contributed by atoms with Gasteiger partial charge < -0.3 is 23.8 Å². The topological polar surface area (TPSA) is 92.7 Å². The summed E-state index contributed by atoms with van der Waals surface area (Å²) in [5, 5.41) is 0. The van der Waals surface area contributed by atoms with E-state index in [1.807, 2.05) is 27.7 Å². The minimum Gasteiger partial charge on any atom is -0.382 e. The predicted molar refractivity (Wildman–Crippen MR) is 90.6 cm³/mol. The summed E-state index contributed by atoms with van der Waals surface area (Å²) in [6.45, 7) is 7.49. The molecule has 0 saturated carbocycles. The Kier molecular flexibility index (Phi) is 7.57. The smallest absolute Gasteiger partial charge is 0.382 e. The molecule has 0 aromatic heterocycles. The van der Waals surface area contributed by atoms with Crippen molar-refractivity contribution in [2.75, 3.05) is 13.2 Å². The monoisotopic (exact) mass is 374 g/mol. The lowest BCUT2D eigenvalue weighted by Crippen LogP contribution is -2.39. The molecule has 0 aliphatic carbocycles. The van der Waals surface area contributed by atoms with E-state index in [-0.39, 0.29) is 25.4 Å². The van der Waals surface area contributed by atoms with E-state index in [1.165, 1.54) is 0 Å². The highest BCUT2D eigenvalue weighted by Gasteiger charge is 2.45. The van der Waals surface area contributed by atoms with Crippen LogP contribution in [0.25, 0.3) is 0 Å². The van der Waals surface area contributed by atoms with Crippen LogP contribution >= 0.6 is 7.82 Å². The molecule has 2 aliphatic heterocycles. The fourth-order valence-electron chi connectivity index (χ4n) is 2.73. The van der Waals surface area contributed by atoms with E-state index >= 15 is 0 Å². The average molecular weight is 374 g/mol. The van der Waals surface area contributed by atoms with Crippen LogP contribution in [-0.2, 0) is 32.6 Å². The summed E-state index contributed by atoms with van der Waals surface area (Å²) < 4.78 is 44.6. The van der Waals surface area contributed by atoms with E-state index in [9.17, 15) is 9.46 Å². The van der Waals surface area contributed by atoms with Crippen molar-refractivity contribution in [2.24, 2.45) is 0 Å². The van der Waals surface area contributed by atoms with E-state index in [2.05, 4.69) is 0 Å². The fraction of sp³-hybridized carbons (Fsp3) is 1.00. The molecule has 2 heterocycles. The molecule has 0 aromatic rings. The molecule has 0 bridgehead atoms. The largest absolute Gasteiger partial charge is 0.473 e. The molecular formula is C14H25B2O8P. The van der Waals surface area contributed by atoms with Crippen molar-refractivity contribution in [2.45, 2.75) is 76.3 Å². The average Bonchev–Trinajstić information content (AvgIpc) is 2.96. The second kappa shape index (κ2) is 8.85. The molecule has 2 aliphatic rings. The van der Waals surface area contributed by atoms with Crippen LogP contribution in [0.1, 0.15) is 27.7 Å². The van der Waals surface area contributed by atoms with Crippen LogP contribution in [0, 0.1) is 0 Å². The molecule has 2 saturated heterocycles. The fourth-order valence-corrected chi connectivity index (χ4v) is 3.86. The van der Waals surface area contributed by atoms with Crippen molar-refractivity contribution in [1.29, 1.82) is 0 Å². The minimum absolute atomic E-state index is 0.0195.